The van der Waals surface area contributed by atoms with Crippen LogP contribution in [0.15, 0.2) is 42.5 Å². The zero-order chi connectivity index (χ0) is 18.1. The van der Waals surface area contributed by atoms with E-state index >= 15 is 0 Å². The molecule has 0 bridgehead atoms. The number of hydrogen-bond acceptors (Lipinski definition) is 7. The molecule has 2 aromatic heterocycles. The highest BCUT2D eigenvalue weighted by atomic mass is 16.5. The van der Waals surface area contributed by atoms with E-state index in [0.717, 1.165) is 28.8 Å². The Morgan fingerprint density at radius 1 is 0.923 bits per heavy atom. The first-order valence-electron chi connectivity index (χ1n) is 8.25. The minimum atomic E-state index is -0.0839. The van der Waals surface area contributed by atoms with Crippen LogP contribution < -0.4 is 10.1 Å². The standard InChI is InChI=1S/C19H17N5O2/c1-3-14-13-10-11(26-2)8-9-16(13)22-18(20-14)24-19-21-15-7-5-4-6-12(15)17(25)23-19/h4-10H,3H2,1-2H3,(H2,20,21,22,23,24,25). The summed E-state index contributed by atoms with van der Waals surface area (Å²) < 4.78 is 5.28. The third-order valence-corrected chi connectivity index (χ3v) is 4.12. The fraction of sp³-hybridized carbons (Fsp3) is 0.158. The van der Waals surface area contributed by atoms with E-state index in [4.69, 9.17) is 4.74 Å². The molecule has 0 saturated heterocycles. The van der Waals surface area contributed by atoms with Crippen LogP contribution in [0, 0.1) is 0 Å². The zero-order valence-electron chi connectivity index (χ0n) is 14.4. The summed E-state index contributed by atoms with van der Waals surface area (Å²) in [6.07, 6.45) is 0.741. The normalized spacial score (nSPS) is 11.0. The largest absolute Gasteiger partial charge is 0.497 e. The highest BCUT2D eigenvalue weighted by molar-refractivity contribution is 5.85. The maximum atomic E-state index is 10.1. The SMILES string of the molecule is CCc1nc(Nc2nc(O)c3ccccc3n2)nc2ccc(OC)cc12. The van der Waals surface area contributed by atoms with Gasteiger partial charge < -0.3 is 9.84 Å². The molecule has 0 fully saturated rings. The van der Waals surface area contributed by atoms with E-state index in [9.17, 15) is 5.11 Å². The van der Waals surface area contributed by atoms with E-state index < -0.39 is 0 Å². The quantitative estimate of drug-likeness (QED) is 0.582. The summed E-state index contributed by atoms with van der Waals surface area (Å²) in [5.74, 6) is 1.31. The van der Waals surface area contributed by atoms with Crippen LogP contribution >= 0.6 is 0 Å². The number of methoxy groups -OCH3 is 1. The summed E-state index contributed by atoms with van der Waals surface area (Å²) in [4.78, 5) is 17.6. The molecule has 0 radical (unpaired) electrons. The first-order chi connectivity index (χ1) is 12.7. The van der Waals surface area contributed by atoms with Gasteiger partial charge in [-0.3, -0.25) is 5.32 Å². The Balaban J connectivity index is 1.77. The molecule has 130 valence electrons. The number of anilines is 2. The monoisotopic (exact) mass is 347 g/mol. The topological polar surface area (TPSA) is 93.1 Å². The summed E-state index contributed by atoms with van der Waals surface area (Å²) in [5.41, 5.74) is 2.33. The first kappa shape index (κ1) is 16.0. The van der Waals surface area contributed by atoms with Gasteiger partial charge in [0.2, 0.25) is 17.8 Å². The van der Waals surface area contributed by atoms with Crippen molar-refractivity contribution in [1.82, 2.24) is 19.9 Å². The molecule has 0 aliphatic carbocycles. The molecule has 7 nitrogen and oxygen atoms in total. The van der Waals surface area contributed by atoms with E-state index in [1.165, 1.54) is 0 Å². The second kappa shape index (κ2) is 6.44. The molecule has 0 aliphatic rings. The van der Waals surface area contributed by atoms with Crippen molar-refractivity contribution in [1.29, 1.82) is 0 Å². The molecule has 2 aromatic carbocycles. The minimum Gasteiger partial charge on any atom is -0.497 e. The Morgan fingerprint density at radius 3 is 2.42 bits per heavy atom. The number of aromatic nitrogens is 4. The van der Waals surface area contributed by atoms with Crippen molar-refractivity contribution < 1.29 is 9.84 Å². The molecule has 2 N–H and O–H groups in total. The average Bonchev–Trinajstić information content (AvgIpc) is 2.67. The number of nitrogens with one attached hydrogen (secondary N) is 1. The van der Waals surface area contributed by atoms with Crippen molar-refractivity contribution in [2.45, 2.75) is 13.3 Å². The van der Waals surface area contributed by atoms with Gasteiger partial charge in [0.15, 0.2) is 0 Å². The van der Waals surface area contributed by atoms with Crippen LogP contribution in [-0.2, 0) is 6.42 Å². The predicted octanol–water partition coefficient (Wildman–Crippen LogP) is 3.59. The lowest BCUT2D eigenvalue weighted by atomic mass is 10.1. The Hall–Kier alpha value is -3.48. The number of benzene rings is 2. The van der Waals surface area contributed by atoms with Gasteiger partial charge in [0.05, 0.1) is 29.2 Å². The molecule has 7 heteroatoms. The third-order valence-electron chi connectivity index (χ3n) is 4.12. The summed E-state index contributed by atoms with van der Waals surface area (Å²) >= 11 is 0. The van der Waals surface area contributed by atoms with Crippen molar-refractivity contribution >= 4 is 33.7 Å². The number of ether oxygens (including phenoxy) is 1. The smallest absolute Gasteiger partial charge is 0.233 e. The predicted molar refractivity (Wildman–Crippen MR) is 100.0 cm³/mol. The Kier molecular flexibility index (Phi) is 3.96. The van der Waals surface area contributed by atoms with Crippen molar-refractivity contribution in [3.05, 3.63) is 48.2 Å². The van der Waals surface area contributed by atoms with Gasteiger partial charge in [-0.1, -0.05) is 19.1 Å². The van der Waals surface area contributed by atoms with Gasteiger partial charge in [0, 0.05) is 5.39 Å². The Labute approximate surface area is 149 Å². The van der Waals surface area contributed by atoms with Gasteiger partial charge in [0.25, 0.3) is 0 Å². The van der Waals surface area contributed by atoms with Gasteiger partial charge in [-0.05, 0) is 36.8 Å². The van der Waals surface area contributed by atoms with Crippen molar-refractivity contribution in [2.75, 3.05) is 12.4 Å². The lowest BCUT2D eigenvalue weighted by Gasteiger charge is -2.10. The molecule has 0 atom stereocenters. The van der Waals surface area contributed by atoms with E-state index in [2.05, 4.69) is 25.3 Å². The van der Waals surface area contributed by atoms with Gasteiger partial charge in [-0.15, -0.1) is 0 Å². The molecule has 4 aromatic rings. The maximum absolute atomic E-state index is 10.1. The van der Waals surface area contributed by atoms with E-state index in [1.807, 2.05) is 43.3 Å². The number of para-hydroxylation sites is 1. The van der Waals surface area contributed by atoms with Gasteiger partial charge in [-0.2, -0.15) is 4.98 Å². The fourth-order valence-electron chi connectivity index (χ4n) is 2.84. The number of aryl methyl sites for hydroxylation is 1. The number of rotatable bonds is 4. The molecule has 0 unspecified atom stereocenters. The third kappa shape index (κ3) is 2.83. The molecular formula is C19H17N5O2. The van der Waals surface area contributed by atoms with Crippen LogP contribution in [-0.4, -0.2) is 32.2 Å². The molecule has 0 spiro atoms. The van der Waals surface area contributed by atoms with E-state index in [0.29, 0.717) is 16.9 Å². The first-order valence-corrected chi connectivity index (χ1v) is 8.25. The number of hydrogen-bond donors (Lipinski definition) is 2. The van der Waals surface area contributed by atoms with Crippen LogP contribution in [0.3, 0.4) is 0 Å². The van der Waals surface area contributed by atoms with Gasteiger partial charge >= 0.3 is 0 Å². The molecule has 2 heterocycles. The van der Waals surface area contributed by atoms with Crippen LogP contribution in [0.1, 0.15) is 12.6 Å². The Bertz CT molecular complexity index is 1110. The lowest BCUT2D eigenvalue weighted by molar-refractivity contribution is 0.415. The maximum Gasteiger partial charge on any atom is 0.233 e. The molecular weight excluding hydrogens is 330 g/mol. The fourth-order valence-corrected chi connectivity index (χ4v) is 2.84. The van der Waals surface area contributed by atoms with E-state index in [-0.39, 0.29) is 11.8 Å². The van der Waals surface area contributed by atoms with Crippen LogP contribution in [0.5, 0.6) is 11.6 Å². The second-order valence-electron chi connectivity index (χ2n) is 5.74. The van der Waals surface area contributed by atoms with E-state index in [1.54, 1.807) is 13.2 Å². The molecule has 0 amide bonds. The van der Waals surface area contributed by atoms with Crippen molar-refractivity contribution in [3.63, 3.8) is 0 Å². The van der Waals surface area contributed by atoms with Crippen molar-refractivity contribution in [2.24, 2.45) is 0 Å². The van der Waals surface area contributed by atoms with Crippen LogP contribution in [0.25, 0.3) is 21.8 Å². The number of nitrogens with zero attached hydrogens (tertiary/aromatic N) is 4. The molecule has 0 saturated carbocycles. The average molecular weight is 347 g/mol. The summed E-state index contributed by atoms with van der Waals surface area (Å²) in [6, 6.07) is 12.9. The summed E-state index contributed by atoms with van der Waals surface area (Å²) in [5, 5.41) is 14.7. The minimum absolute atomic E-state index is 0.0839. The Morgan fingerprint density at radius 2 is 1.65 bits per heavy atom. The van der Waals surface area contributed by atoms with Crippen LogP contribution in [0.2, 0.25) is 0 Å². The summed E-state index contributed by atoms with van der Waals surface area (Å²) in [7, 11) is 1.63. The zero-order valence-corrected chi connectivity index (χ0v) is 14.4. The lowest BCUT2D eigenvalue weighted by Crippen LogP contribution is -2.04. The van der Waals surface area contributed by atoms with Gasteiger partial charge in [0.1, 0.15) is 5.75 Å². The van der Waals surface area contributed by atoms with Crippen molar-refractivity contribution in [3.8, 4) is 11.6 Å². The highest BCUT2D eigenvalue weighted by Gasteiger charge is 2.11. The number of aromatic hydroxyl groups is 1. The van der Waals surface area contributed by atoms with Gasteiger partial charge in [-0.25, -0.2) is 15.0 Å². The second-order valence-corrected chi connectivity index (χ2v) is 5.74. The summed E-state index contributed by atoms with van der Waals surface area (Å²) in [6.45, 7) is 2.03. The molecule has 26 heavy (non-hydrogen) atoms. The number of fused-ring (bicyclic) bond motifs is 2. The molecule has 0 aliphatic heterocycles. The van der Waals surface area contributed by atoms with Crippen LogP contribution in [0.4, 0.5) is 11.9 Å². The highest BCUT2D eigenvalue weighted by Crippen LogP contribution is 2.26. The molecule has 4 rings (SSSR count).